The van der Waals surface area contributed by atoms with Crippen LogP contribution in [0.15, 0.2) is 18.2 Å². The molecule has 0 radical (unpaired) electrons. The summed E-state index contributed by atoms with van der Waals surface area (Å²) in [4.78, 5) is 15.5. The van der Waals surface area contributed by atoms with Crippen molar-refractivity contribution >= 4 is 23.0 Å². The fourth-order valence-corrected chi connectivity index (χ4v) is 2.13. The van der Waals surface area contributed by atoms with Gasteiger partial charge in [-0.25, -0.2) is 14.2 Å². The second-order valence-electron chi connectivity index (χ2n) is 4.95. The van der Waals surface area contributed by atoms with Gasteiger partial charge in [-0.05, 0) is 18.1 Å². The molecule has 0 saturated carbocycles. The lowest BCUT2D eigenvalue weighted by Crippen LogP contribution is -2.36. The molecule has 0 unspecified atom stereocenters. The van der Waals surface area contributed by atoms with E-state index in [1.807, 2.05) is 13.8 Å². The Kier molecular flexibility index (Phi) is 3.92. The van der Waals surface area contributed by atoms with Crippen LogP contribution in [0.3, 0.4) is 0 Å². The largest absolute Gasteiger partial charge is 0.480 e. The number of aryl methyl sites for hydroxylation is 1. The van der Waals surface area contributed by atoms with Crippen molar-refractivity contribution in [3.63, 3.8) is 0 Å². The lowest BCUT2D eigenvalue weighted by Gasteiger charge is -2.20. The lowest BCUT2D eigenvalue weighted by molar-refractivity contribution is -0.139. The van der Waals surface area contributed by atoms with Crippen LogP contribution in [-0.4, -0.2) is 26.7 Å². The maximum atomic E-state index is 13.7. The Labute approximate surface area is 116 Å². The topological polar surface area (TPSA) is 67.2 Å². The third-order valence-electron chi connectivity index (χ3n) is 3.63. The number of rotatable bonds is 5. The average molecular weight is 279 g/mol. The molecule has 6 heteroatoms. The van der Waals surface area contributed by atoms with E-state index in [0.717, 1.165) is 6.42 Å². The number of anilines is 1. The molecule has 0 aliphatic rings. The van der Waals surface area contributed by atoms with Crippen LogP contribution in [0.5, 0.6) is 0 Å². The first-order valence-electron chi connectivity index (χ1n) is 6.56. The predicted octanol–water partition coefficient (Wildman–Crippen LogP) is 2.62. The highest BCUT2D eigenvalue weighted by Gasteiger charge is 2.25. The quantitative estimate of drug-likeness (QED) is 0.883. The van der Waals surface area contributed by atoms with Gasteiger partial charge in [-0.15, -0.1) is 0 Å². The van der Waals surface area contributed by atoms with E-state index in [2.05, 4.69) is 10.3 Å². The molecule has 5 nitrogen and oxygen atoms in total. The third-order valence-corrected chi connectivity index (χ3v) is 3.63. The highest BCUT2D eigenvalue weighted by molar-refractivity contribution is 5.81. The van der Waals surface area contributed by atoms with Crippen LogP contribution in [0.25, 0.3) is 11.0 Å². The molecule has 0 bridgehead atoms. The molecular weight excluding hydrogens is 261 g/mol. The number of hydrogen-bond acceptors (Lipinski definition) is 3. The lowest BCUT2D eigenvalue weighted by atomic mass is 9.99. The van der Waals surface area contributed by atoms with Gasteiger partial charge in [0.05, 0.1) is 5.52 Å². The van der Waals surface area contributed by atoms with Crippen molar-refractivity contribution in [3.8, 4) is 0 Å². The number of benzene rings is 1. The molecule has 2 rings (SSSR count). The molecule has 0 aliphatic carbocycles. The van der Waals surface area contributed by atoms with E-state index in [-0.39, 0.29) is 11.4 Å². The summed E-state index contributed by atoms with van der Waals surface area (Å²) in [5.41, 5.74) is 0.867. The number of aliphatic carboxylic acids is 1. The van der Waals surface area contributed by atoms with Gasteiger partial charge < -0.3 is 15.0 Å². The van der Waals surface area contributed by atoms with E-state index in [4.69, 9.17) is 0 Å². The van der Waals surface area contributed by atoms with E-state index in [0.29, 0.717) is 11.5 Å². The highest BCUT2D eigenvalue weighted by atomic mass is 19.1. The number of aromatic nitrogens is 2. The molecule has 2 aromatic rings. The molecule has 20 heavy (non-hydrogen) atoms. The molecule has 0 amide bonds. The number of fused-ring (bicyclic) bond motifs is 1. The Morgan fingerprint density at radius 1 is 1.55 bits per heavy atom. The van der Waals surface area contributed by atoms with E-state index < -0.39 is 17.8 Å². The van der Waals surface area contributed by atoms with Gasteiger partial charge in [0.15, 0.2) is 5.82 Å². The number of carboxylic acids is 1. The molecule has 0 spiro atoms. The normalized spacial score (nSPS) is 14.2. The zero-order valence-electron chi connectivity index (χ0n) is 11.7. The summed E-state index contributed by atoms with van der Waals surface area (Å²) < 4.78 is 15.3. The molecule has 1 heterocycles. The zero-order chi connectivity index (χ0) is 14.9. The number of halogens is 1. The zero-order valence-corrected chi connectivity index (χ0v) is 11.7. The van der Waals surface area contributed by atoms with Crippen molar-refractivity contribution < 1.29 is 14.3 Å². The molecule has 2 atom stereocenters. The molecule has 1 aromatic carbocycles. The van der Waals surface area contributed by atoms with E-state index in [1.165, 1.54) is 6.07 Å². The summed E-state index contributed by atoms with van der Waals surface area (Å²) in [6, 6.07) is 3.93. The Morgan fingerprint density at radius 2 is 2.25 bits per heavy atom. The number of nitrogens with zero attached hydrogens (tertiary/aromatic N) is 2. The standard InChI is InChI=1S/C14H18FN3O2/c1-4-8(2)11(13(19)20)16-14-17-12-9(15)6-5-7-10(12)18(14)3/h5-8,11H,4H2,1-3H3,(H,16,17)(H,19,20)/t8-,11-/m0/s1. The van der Waals surface area contributed by atoms with Gasteiger partial charge in [0, 0.05) is 7.05 Å². The van der Waals surface area contributed by atoms with E-state index in [9.17, 15) is 14.3 Å². The minimum Gasteiger partial charge on any atom is -0.480 e. The van der Waals surface area contributed by atoms with Crippen LogP contribution in [-0.2, 0) is 11.8 Å². The third kappa shape index (κ3) is 2.45. The summed E-state index contributed by atoms with van der Waals surface area (Å²) in [6.45, 7) is 3.78. The van der Waals surface area contributed by atoms with Gasteiger partial charge in [-0.3, -0.25) is 0 Å². The fraction of sp³-hybridized carbons (Fsp3) is 0.429. The van der Waals surface area contributed by atoms with E-state index in [1.54, 1.807) is 23.7 Å². The minimum absolute atomic E-state index is 0.0582. The molecule has 2 N–H and O–H groups in total. The Morgan fingerprint density at radius 3 is 2.80 bits per heavy atom. The van der Waals surface area contributed by atoms with Crippen LogP contribution < -0.4 is 5.32 Å². The molecular formula is C14H18FN3O2. The van der Waals surface area contributed by atoms with Crippen molar-refractivity contribution in [1.82, 2.24) is 9.55 Å². The Balaban J connectivity index is 2.40. The molecule has 108 valence electrons. The molecule has 0 aliphatic heterocycles. The number of para-hydroxylation sites is 1. The van der Waals surface area contributed by atoms with Crippen molar-refractivity contribution in [2.75, 3.05) is 5.32 Å². The van der Waals surface area contributed by atoms with Crippen LogP contribution >= 0.6 is 0 Å². The number of hydrogen-bond donors (Lipinski definition) is 2. The molecule has 1 aromatic heterocycles. The maximum Gasteiger partial charge on any atom is 0.326 e. The van der Waals surface area contributed by atoms with Crippen molar-refractivity contribution in [2.45, 2.75) is 26.3 Å². The Bertz CT molecular complexity index is 639. The van der Waals surface area contributed by atoms with Gasteiger partial charge in [0.25, 0.3) is 0 Å². The first-order chi connectivity index (χ1) is 9.45. The Hall–Kier alpha value is -2.11. The minimum atomic E-state index is -0.938. The SMILES string of the molecule is CC[C@H](C)[C@H](Nc1nc2c(F)cccc2n1C)C(=O)O. The average Bonchev–Trinajstić information content (AvgIpc) is 2.73. The van der Waals surface area contributed by atoms with E-state index >= 15 is 0 Å². The second-order valence-corrected chi connectivity index (χ2v) is 4.95. The monoisotopic (exact) mass is 279 g/mol. The van der Waals surface area contributed by atoms with Crippen LogP contribution in [0, 0.1) is 11.7 Å². The van der Waals surface area contributed by atoms with Crippen LogP contribution in [0.1, 0.15) is 20.3 Å². The maximum absolute atomic E-state index is 13.7. The molecule has 0 saturated heterocycles. The fourth-order valence-electron chi connectivity index (χ4n) is 2.13. The second kappa shape index (κ2) is 5.48. The number of carboxylic acid groups (broad SMARTS) is 1. The van der Waals surface area contributed by atoms with Crippen molar-refractivity contribution in [3.05, 3.63) is 24.0 Å². The summed E-state index contributed by atoms with van der Waals surface area (Å²) in [6.07, 6.45) is 0.724. The van der Waals surface area contributed by atoms with Crippen LogP contribution in [0.4, 0.5) is 10.3 Å². The van der Waals surface area contributed by atoms with Gasteiger partial charge in [0.1, 0.15) is 11.6 Å². The summed E-state index contributed by atoms with van der Waals surface area (Å²) in [7, 11) is 1.73. The van der Waals surface area contributed by atoms with Gasteiger partial charge >= 0.3 is 5.97 Å². The molecule has 0 fully saturated rings. The van der Waals surface area contributed by atoms with Crippen molar-refractivity contribution in [2.24, 2.45) is 13.0 Å². The first kappa shape index (κ1) is 14.3. The van der Waals surface area contributed by atoms with Gasteiger partial charge in [-0.2, -0.15) is 0 Å². The van der Waals surface area contributed by atoms with Crippen molar-refractivity contribution in [1.29, 1.82) is 0 Å². The number of nitrogens with one attached hydrogen (secondary N) is 1. The number of imidazole rings is 1. The summed E-state index contributed by atoms with van der Waals surface area (Å²) in [5.74, 6) is -1.05. The highest BCUT2D eigenvalue weighted by Crippen LogP contribution is 2.22. The van der Waals surface area contributed by atoms with Gasteiger partial charge in [-0.1, -0.05) is 26.3 Å². The first-order valence-corrected chi connectivity index (χ1v) is 6.56. The predicted molar refractivity (Wildman–Crippen MR) is 75.2 cm³/mol. The smallest absolute Gasteiger partial charge is 0.326 e. The summed E-state index contributed by atoms with van der Waals surface area (Å²) >= 11 is 0. The summed E-state index contributed by atoms with van der Waals surface area (Å²) in [5, 5.41) is 12.2. The number of carbonyl (C=O) groups is 1. The van der Waals surface area contributed by atoms with Crippen LogP contribution in [0.2, 0.25) is 0 Å². The van der Waals surface area contributed by atoms with Gasteiger partial charge in [0.2, 0.25) is 5.95 Å².